The van der Waals surface area contributed by atoms with E-state index in [1.807, 2.05) is 19.1 Å². The van der Waals surface area contributed by atoms with E-state index in [-0.39, 0.29) is 10.8 Å². The number of carbonyl (C=O) groups is 2. The Morgan fingerprint density at radius 3 is 2.44 bits per heavy atom. The second-order valence-corrected chi connectivity index (χ2v) is 10.9. The molecule has 0 radical (unpaired) electrons. The zero-order valence-corrected chi connectivity index (χ0v) is 19.6. The number of hydrogen-bond acceptors (Lipinski definition) is 5. The van der Waals surface area contributed by atoms with Gasteiger partial charge >= 0.3 is 0 Å². The highest BCUT2D eigenvalue weighted by Crippen LogP contribution is 2.38. The third kappa shape index (κ3) is 4.94. The first-order valence-corrected chi connectivity index (χ1v) is 13.3. The summed E-state index contributed by atoms with van der Waals surface area (Å²) in [5.74, 6) is -0.580. The molecule has 0 saturated carbocycles. The summed E-state index contributed by atoms with van der Waals surface area (Å²) in [7, 11) is -3.82. The molecule has 2 amide bonds. The van der Waals surface area contributed by atoms with Crippen molar-refractivity contribution in [3.8, 4) is 0 Å². The average molecular weight is 474 g/mol. The SMILES string of the molecule is CCc1ccc(NS(=O)(=O)c2ccc3c(c2)NC(=O)C(C(=O)N2CCCCCC2)S3)cc1. The van der Waals surface area contributed by atoms with Crippen molar-refractivity contribution in [1.82, 2.24) is 4.90 Å². The van der Waals surface area contributed by atoms with Gasteiger partial charge in [-0.1, -0.05) is 31.9 Å². The van der Waals surface area contributed by atoms with E-state index in [0.29, 0.717) is 29.4 Å². The standard InChI is InChI=1S/C23H27N3O4S2/c1-2-16-7-9-17(10-8-16)25-32(29,30)18-11-12-20-19(15-18)24-22(27)21(31-20)23(28)26-13-5-3-4-6-14-26/h7-12,15,21,25H,2-6,13-14H2,1H3,(H,24,27). The van der Waals surface area contributed by atoms with Crippen LogP contribution in [0.5, 0.6) is 0 Å². The first kappa shape index (κ1) is 22.7. The van der Waals surface area contributed by atoms with Gasteiger partial charge in [-0.05, 0) is 55.2 Å². The monoisotopic (exact) mass is 473 g/mol. The molecule has 9 heteroatoms. The highest BCUT2D eigenvalue weighted by atomic mass is 32.2. The Bertz CT molecular complexity index is 1110. The van der Waals surface area contributed by atoms with Gasteiger partial charge in [-0.2, -0.15) is 0 Å². The number of nitrogens with zero attached hydrogens (tertiary/aromatic N) is 1. The van der Waals surface area contributed by atoms with E-state index in [4.69, 9.17) is 0 Å². The molecule has 170 valence electrons. The number of sulfonamides is 1. The summed E-state index contributed by atoms with van der Waals surface area (Å²) < 4.78 is 28.3. The molecule has 32 heavy (non-hydrogen) atoms. The quantitative estimate of drug-likeness (QED) is 0.643. The van der Waals surface area contributed by atoms with Crippen molar-refractivity contribution in [2.45, 2.75) is 54.1 Å². The molecule has 7 nitrogen and oxygen atoms in total. The molecule has 2 aliphatic rings. The molecule has 2 aliphatic heterocycles. The van der Waals surface area contributed by atoms with Crippen LogP contribution in [-0.4, -0.2) is 43.5 Å². The minimum atomic E-state index is -3.82. The van der Waals surface area contributed by atoms with Crippen LogP contribution in [0.1, 0.15) is 38.2 Å². The molecule has 1 fully saturated rings. The van der Waals surface area contributed by atoms with Crippen LogP contribution < -0.4 is 10.0 Å². The minimum absolute atomic E-state index is 0.0500. The first-order chi connectivity index (χ1) is 15.4. The van der Waals surface area contributed by atoms with Gasteiger partial charge in [0.2, 0.25) is 11.8 Å². The molecule has 2 aromatic carbocycles. The zero-order valence-electron chi connectivity index (χ0n) is 18.0. The predicted molar refractivity (Wildman–Crippen MR) is 126 cm³/mol. The van der Waals surface area contributed by atoms with E-state index in [2.05, 4.69) is 10.0 Å². The van der Waals surface area contributed by atoms with E-state index in [0.717, 1.165) is 37.7 Å². The van der Waals surface area contributed by atoms with Crippen molar-refractivity contribution in [1.29, 1.82) is 0 Å². The highest BCUT2D eigenvalue weighted by molar-refractivity contribution is 8.01. The molecule has 4 rings (SSSR count). The number of anilines is 2. The number of nitrogens with one attached hydrogen (secondary N) is 2. The largest absolute Gasteiger partial charge is 0.341 e. The maximum absolute atomic E-state index is 12.9. The second-order valence-electron chi connectivity index (χ2n) is 8.04. The van der Waals surface area contributed by atoms with E-state index in [1.54, 1.807) is 23.1 Å². The molecular weight excluding hydrogens is 446 g/mol. The Morgan fingerprint density at radius 2 is 1.78 bits per heavy atom. The summed E-state index contributed by atoms with van der Waals surface area (Å²) >= 11 is 1.18. The normalized spacial score (nSPS) is 19.0. The Hall–Kier alpha value is -2.52. The van der Waals surface area contributed by atoms with E-state index < -0.39 is 21.2 Å². The molecule has 0 aliphatic carbocycles. The summed E-state index contributed by atoms with van der Waals surface area (Å²) in [5, 5.41) is 1.89. The maximum Gasteiger partial charge on any atom is 0.261 e. The van der Waals surface area contributed by atoms with E-state index >= 15 is 0 Å². The number of aryl methyl sites for hydroxylation is 1. The smallest absolute Gasteiger partial charge is 0.261 e. The molecule has 2 aromatic rings. The highest BCUT2D eigenvalue weighted by Gasteiger charge is 2.36. The van der Waals surface area contributed by atoms with Crippen molar-refractivity contribution in [2.75, 3.05) is 23.1 Å². The minimum Gasteiger partial charge on any atom is -0.341 e. The topological polar surface area (TPSA) is 95.6 Å². The van der Waals surface area contributed by atoms with Crippen LogP contribution in [0.25, 0.3) is 0 Å². The number of fused-ring (bicyclic) bond motifs is 1. The molecule has 0 aromatic heterocycles. The van der Waals surface area contributed by atoms with Crippen LogP contribution in [0, 0.1) is 0 Å². The van der Waals surface area contributed by atoms with Gasteiger partial charge in [-0.3, -0.25) is 14.3 Å². The van der Waals surface area contributed by atoms with Crippen molar-refractivity contribution < 1.29 is 18.0 Å². The van der Waals surface area contributed by atoms with Gasteiger partial charge in [-0.25, -0.2) is 8.42 Å². The lowest BCUT2D eigenvalue weighted by Crippen LogP contribution is -2.45. The number of amides is 2. The van der Waals surface area contributed by atoms with Gasteiger partial charge in [0, 0.05) is 23.7 Å². The Labute approximate surface area is 193 Å². The number of rotatable bonds is 5. The lowest BCUT2D eigenvalue weighted by Gasteiger charge is -2.28. The summed E-state index contributed by atoms with van der Waals surface area (Å²) in [6.07, 6.45) is 4.99. The zero-order chi connectivity index (χ0) is 22.7. The summed E-state index contributed by atoms with van der Waals surface area (Å²) in [6.45, 7) is 3.39. The number of benzene rings is 2. The van der Waals surface area contributed by atoms with E-state index in [9.17, 15) is 18.0 Å². The maximum atomic E-state index is 12.9. The van der Waals surface area contributed by atoms with Gasteiger partial charge in [0.25, 0.3) is 10.0 Å². The van der Waals surface area contributed by atoms with Crippen molar-refractivity contribution >= 4 is 45.0 Å². The van der Waals surface area contributed by atoms with Crippen LogP contribution in [0.15, 0.2) is 52.3 Å². The number of likely N-dealkylation sites (tertiary alicyclic amines) is 1. The van der Waals surface area contributed by atoms with Gasteiger partial charge in [0.1, 0.15) is 0 Å². The van der Waals surface area contributed by atoms with Crippen LogP contribution in [0.3, 0.4) is 0 Å². The van der Waals surface area contributed by atoms with E-state index in [1.165, 1.54) is 23.9 Å². The predicted octanol–water partition coefficient (Wildman–Crippen LogP) is 3.87. The Kier molecular flexibility index (Phi) is 6.76. The first-order valence-electron chi connectivity index (χ1n) is 10.9. The third-order valence-corrected chi connectivity index (χ3v) is 8.40. The fourth-order valence-corrected chi connectivity index (χ4v) is 6.04. The fraction of sp³-hybridized carbons (Fsp3) is 0.391. The lowest BCUT2D eigenvalue weighted by molar-refractivity contribution is -0.133. The molecule has 0 bridgehead atoms. The fourth-order valence-electron chi connectivity index (χ4n) is 3.90. The summed E-state index contributed by atoms with van der Waals surface area (Å²) in [6, 6.07) is 11.8. The van der Waals surface area contributed by atoms with Gasteiger partial charge in [0.15, 0.2) is 5.25 Å². The van der Waals surface area contributed by atoms with Gasteiger partial charge in [0.05, 0.1) is 10.6 Å². The second kappa shape index (κ2) is 9.54. The third-order valence-electron chi connectivity index (χ3n) is 5.76. The van der Waals surface area contributed by atoms with Gasteiger partial charge < -0.3 is 10.2 Å². The molecular formula is C23H27N3O4S2. The molecule has 0 spiro atoms. The van der Waals surface area contributed by atoms with Crippen molar-refractivity contribution in [2.24, 2.45) is 0 Å². The van der Waals surface area contributed by atoms with Crippen LogP contribution in [0.4, 0.5) is 11.4 Å². The molecule has 1 saturated heterocycles. The van der Waals surface area contributed by atoms with Crippen LogP contribution in [-0.2, 0) is 26.0 Å². The Morgan fingerprint density at radius 1 is 1.09 bits per heavy atom. The van der Waals surface area contributed by atoms with Gasteiger partial charge in [-0.15, -0.1) is 11.8 Å². The van der Waals surface area contributed by atoms with Crippen molar-refractivity contribution in [3.63, 3.8) is 0 Å². The number of hydrogen-bond donors (Lipinski definition) is 2. The van der Waals surface area contributed by atoms with Crippen molar-refractivity contribution in [3.05, 3.63) is 48.0 Å². The average Bonchev–Trinajstić information content (AvgIpc) is 3.08. The Balaban J connectivity index is 1.51. The molecule has 2 N–H and O–H groups in total. The van der Waals surface area contributed by atoms with Crippen LogP contribution in [0.2, 0.25) is 0 Å². The summed E-state index contributed by atoms with van der Waals surface area (Å²) in [4.78, 5) is 28.1. The lowest BCUT2D eigenvalue weighted by atomic mass is 10.2. The number of carbonyl (C=O) groups excluding carboxylic acids is 2. The van der Waals surface area contributed by atoms with Crippen LogP contribution >= 0.6 is 11.8 Å². The number of thioether (sulfide) groups is 1. The molecule has 1 unspecified atom stereocenters. The molecule has 1 atom stereocenters. The summed E-state index contributed by atoms with van der Waals surface area (Å²) in [5.41, 5.74) is 2.00. The molecule has 2 heterocycles.